The summed E-state index contributed by atoms with van der Waals surface area (Å²) in [7, 11) is 0. The van der Waals surface area contributed by atoms with Gasteiger partial charge in [-0.15, -0.1) is 0 Å². The first-order valence-corrected chi connectivity index (χ1v) is 7.58. The zero-order chi connectivity index (χ0) is 14.7. The molecule has 1 aromatic carbocycles. The number of aryl methyl sites for hydroxylation is 1. The van der Waals surface area contributed by atoms with Gasteiger partial charge in [0.25, 0.3) is 0 Å². The van der Waals surface area contributed by atoms with Crippen molar-refractivity contribution in [3.05, 3.63) is 35.4 Å². The van der Waals surface area contributed by atoms with Crippen LogP contribution in [-0.2, 0) is 4.79 Å². The Labute approximate surface area is 122 Å². The standard InChI is InChI=1S/C17H26N2O/c1-11(2)18-17(20)13(4)19-16-9-15(10-16)14-7-5-12(3)6-8-14/h5-8,11,13,15-16,19H,9-10H2,1-4H3,(H,18,20). The number of benzene rings is 1. The topological polar surface area (TPSA) is 41.1 Å². The van der Waals surface area contributed by atoms with Crippen LogP contribution in [0, 0.1) is 6.92 Å². The van der Waals surface area contributed by atoms with Gasteiger partial charge in [0.15, 0.2) is 0 Å². The molecule has 1 aliphatic carbocycles. The van der Waals surface area contributed by atoms with Crippen LogP contribution in [0.2, 0.25) is 0 Å². The van der Waals surface area contributed by atoms with E-state index in [-0.39, 0.29) is 18.0 Å². The van der Waals surface area contributed by atoms with Gasteiger partial charge in [-0.3, -0.25) is 4.79 Å². The van der Waals surface area contributed by atoms with Crippen LogP contribution in [-0.4, -0.2) is 24.0 Å². The quantitative estimate of drug-likeness (QED) is 0.867. The minimum absolute atomic E-state index is 0.0961. The third kappa shape index (κ3) is 3.83. The maximum Gasteiger partial charge on any atom is 0.237 e. The summed E-state index contributed by atoms with van der Waals surface area (Å²) >= 11 is 0. The molecule has 1 aliphatic rings. The fourth-order valence-electron chi connectivity index (χ4n) is 2.70. The van der Waals surface area contributed by atoms with E-state index in [1.54, 1.807) is 0 Å². The Hall–Kier alpha value is -1.35. The molecule has 2 rings (SSSR count). The predicted octanol–water partition coefficient (Wildman–Crippen LogP) is 2.74. The van der Waals surface area contributed by atoms with E-state index in [2.05, 4.69) is 41.8 Å². The van der Waals surface area contributed by atoms with Gasteiger partial charge >= 0.3 is 0 Å². The van der Waals surface area contributed by atoms with Gasteiger partial charge in [-0.1, -0.05) is 29.8 Å². The molecule has 0 spiro atoms. The van der Waals surface area contributed by atoms with E-state index in [0.717, 1.165) is 12.8 Å². The first kappa shape index (κ1) is 15.0. The second kappa shape index (κ2) is 6.40. The van der Waals surface area contributed by atoms with E-state index in [0.29, 0.717) is 12.0 Å². The van der Waals surface area contributed by atoms with Gasteiger partial charge in [-0.2, -0.15) is 0 Å². The fraction of sp³-hybridized carbons (Fsp3) is 0.588. The molecule has 1 fully saturated rings. The number of amides is 1. The normalized spacial score (nSPS) is 23.2. The Morgan fingerprint density at radius 3 is 2.30 bits per heavy atom. The predicted molar refractivity (Wildman–Crippen MR) is 82.8 cm³/mol. The summed E-state index contributed by atoms with van der Waals surface area (Å²) in [4.78, 5) is 11.8. The summed E-state index contributed by atoms with van der Waals surface area (Å²) in [5, 5.41) is 6.36. The molecular weight excluding hydrogens is 248 g/mol. The van der Waals surface area contributed by atoms with Crippen molar-refractivity contribution in [2.45, 2.75) is 64.6 Å². The molecule has 1 atom stereocenters. The minimum Gasteiger partial charge on any atom is -0.353 e. The molecular formula is C17H26N2O. The van der Waals surface area contributed by atoms with E-state index in [1.165, 1.54) is 11.1 Å². The Morgan fingerprint density at radius 1 is 1.15 bits per heavy atom. The zero-order valence-corrected chi connectivity index (χ0v) is 12.9. The molecule has 0 saturated heterocycles. The van der Waals surface area contributed by atoms with Crippen molar-refractivity contribution in [3.63, 3.8) is 0 Å². The highest BCUT2D eigenvalue weighted by Crippen LogP contribution is 2.37. The number of hydrogen-bond donors (Lipinski definition) is 2. The van der Waals surface area contributed by atoms with Crippen molar-refractivity contribution in [2.24, 2.45) is 0 Å². The van der Waals surface area contributed by atoms with E-state index in [9.17, 15) is 4.79 Å². The third-order valence-electron chi connectivity index (χ3n) is 4.00. The van der Waals surface area contributed by atoms with Crippen molar-refractivity contribution in [3.8, 4) is 0 Å². The fourth-order valence-corrected chi connectivity index (χ4v) is 2.70. The zero-order valence-electron chi connectivity index (χ0n) is 12.9. The summed E-state index contributed by atoms with van der Waals surface area (Å²) in [5.74, 6) is 0.743. The van der Waals surface area contributed by atoms with Crippen molar-refractivity contribution >= 4 is 5.91 Å². The number of hydrogen-bond acceptors (Lipinski definition) is 2. The van der Waals surface area contributed by atoms with Gasteiger partial charge in [0.1, 0.15) is 0 Å². The molecule has 1 amide bonds. The highest BCUT2D eigenvalue weighted by Gasteiger charge is 2.32. The van der Waals surface area contributed by atoms with E-state index < -0.39 is 0 Å². The van der Waals surface area contributed by atoms with E-state index in [4.69, 9.17) is 0 Å². The monoisotopic (exact) mass is 274 g/mol. The Kier molecular flexibility index (Phi) is 4.81. The summed E-state index contributed by atoms with van der Waals surface area (Å²) < 4.78 is 0. The van der Waals surface area contributed by atoms with Crippen molar-refractivity contribution in [1.82, 2.24) is 10.6 Å². The van der Waals surface area contributed by atoms with Crippen LogP contribution in [0.5, 0.6) is 0 Å². The second-order valence-electron chi connectivity index (χ2n) is 6.33. The lowest BCUT2D eigenvalue weighted by Gasteiger charge is -2.38. The number of nitrogens with one attached hydrogen (secondary N) is 2. The number of carbonyl (C=O) groups is 1. The van der Waals surface area contributed by atoms with Gasteiger partial charge in [0.05, 0.1) is 6.04 Å². The Morgan fingerprint density at radius 2 is 1.75 bits per heavy atom. The number of rotatable bonds is 5. The average molecular weight is 274 g/mol. The molecule has 2 N–H and O–H groups in total. The molecule has 0 radical (unpaired) electrons. The minimum atomic E-state index is -0.110. The van der Waals surface area contributed by atoms with Crippen molar-refractivity contribution < 1.29 is 4.79 Å². The SMILES string of the molecule is Cc1ccc(C2CC(NC(C)C(=O)NC(C)C)C2)cc1. The summed E-state index contributed by atoms with van der Waals surface area (Å²) in [6, 6.07) is 9.36. The lowest BCUT2D eigenvalue weighted by atomic mass is 9.75. The van der Waals surface area contributed by atoms with Crippen LogP contribution < -0.4 is 10.6 Å². The van der Waals surface area contributed by atoms with Gasteiger partial charge in [-0.05, 0) is 52.0 Å². The van der Waals surface area contributed by atoms with Crippen molar-refractivity contribution in [1.29, 1.82) is 0 Å². The largest absolute Gasteiger partial charge is 0.353 e. The van der Waals surface area contributed by atoms with Gasteiger partial charge < -0.3 is 10.6 Å². The first-order valence-electron chi connectivity index (χ1n) is 7.58. The van der Waals surface area contributed by atoms with Gasteiger partial charge in [-0.25, -0.2) is 0 Å². The highest BCUT2D eigenvalue weighted by molar-refractivity contribution is 5.81. The molecule has 1 unspecified atom stereocenters. The Balaban J connectivity index is 1.76. The maximum absolute atomic E-state index is 11.8. The molecule has 1 aromatic rings. The van der Waals surface area contributed by atoms with Crippen molar-refractivity contribution in [2.75, 3.05) is 0 Å². The molecule has 0 aromatic heterocycles. The molecule has 20 heavy (non-hydrogen) atoms. The third-order valence-corrected chi connectivity index (χ3v) is 4.00. The summed E-state index contributed by atoms with van der Waals surface area (Å²) in [6.07, 6.45) is 2.25. The van der Waals surface area contributed by atoms with E-state index >= 15 is 0 Å². The van der Waals surface area contributed by atoms with Crippen LogP contribution in [0.4, 0.5) is 0 Å². The highest BCUT2D eigenvalue weighted by atomic mass is 16.2. The molecule has 3 nitrogen and oxygen atoms in total. The second-order valence-corrected chi connectivity index (χ2v) is 6.33. The van der Waals surface area contributed by atoms with Gasteiger partial charge in [0, 0.05) is 12.1 Å². The molecule has 110 valence electrons. The summed E-state index contributed by atoms with van der Waals surface area (Å²) in [5.41, 5.74) is 2.73. The van der Waals surface area contributed by atoms with Crippen LogP contribution in [0.25, 0.3) is 0 Å². The lowest BCUT2D eigenvalue weighted by Crippen LogP contribution is -2.51. The van der Waals surface area contributed by atoms with Crippen LogP contribution >= 0.6 is 0 Å². The maximum atomic E-state index is 11.8. The van der Waals surface area contributed by atoms with Crippen LogP contribution in [0.3, 0.4) is 0 Å². The molecule has 1 saturated carbocycles. The van der Waals surface area contributed by atoms with Crippen LogP contribution in [0.1, 0.15) is 50.7 Å². The smallest absolute Gasteiger partial charge is 0.237 e. The summed E-state index contributed by atoms with van der Waals surface area (Å²) in [6.45, 7) is 8.03. The molecule has 0 aliphatic heterocycles. The first-order chi connectivity index (χ1) is 9.45. The molecule has 0 heterocycles. The van der Waals surface area contributed by atoms with E-state index in [1.807, 2.05) is 20.8 Å². The molecule has 3 heteroatoms. The number of carbonyl (C=O) groups excluding carboxylic acids is 1. The lowest BCUT2D eigenvalue weighted by molar-refractivity contribution is -0.123. The van der Waals surface area contributed by atoms with Gasteiger partial charge in [0.2, 0.25) is 5.91 Å². The molecule has 0 bridgehead atoms. The average Bonchev–Trinajstić information content (AvgIpc) is 2.33. The Bertz CT molecular complexity index is 447. The van der Waals surface area contributed by atoms with Crippen LogP contribution in [0.15, 0.2) is 24.3 Å².